The van der Waals surface area contributed by atoms with E-state index in [4.69, 9.17) is 14.9 Å². The minimum Gasteiger partial charge on any atom is -0.451 e. The van der Waals surface area contributed by atoms with Crippen LogP contribution in [0.5, 0.6) is 0 Å². The Hall–Kier alpha value is -3.81. The zero-order valence-electron chi connectivity index (χ0n) is 15.6. The molecule has 0 bridgehead atoms. The third-order valence-corrected chi connectivity index (χ3v) is 4.21. The summed E-state index contributed by atoms with van der Waals surface area (Å²) in [6.07, 6.45) is -0.512. The van der Waals surface area contributed by atoms with E-state index in [0.717, 1.165) is 10.9 Å². The van der Waals surface area contributed by atoms with Crippen LogP contribution in [-0.2, 0) is 16.1 Å². The average molecular weight is 395 g/mol. The first-order valence-electron chi connectivity index (χ1n) is 9.06. The van der Waals surface area contributed by atoms with Gasteiger partial charge in [0, 0.05) is 11.9 Å². The lowest BCUT2D eigenvalue weighted by Gasteiger charge is -2.15. The highest BCUT2D eigenvalue weighted by Crippen LogP contribution is 2.18. The molecule has 0 saturated carbocycles. The summed E-state index contributed by atoms with van der Waals surface area (Å²) in [7, 11) is 0. The Morgan fingerprint density at radius 1 is 1.03 bits per heavy atom. The Bertz CT molecular complexity index is 967. The maximum Gasteiger partial charge on any atom is 0.407 e. The highest BCUT2D eigenvalue weighted by Gasteiger charge is 2.21. The number of rotatable bonds is 8. The van der Waals surface area contributed by atoms with Gasteiger partial charge in [0.15, 0.2) is 5.76 Å². The van der Waals surface area contributed by atoms with Crippen LogP contribution >= 0.6 is 0 Å². The van der Waals surface area contributed by atoms with E-state index in [2.05, 4.69) is 10.6 Å². The number of primary amides is 1. The standard InChI is InChI=1S/C21H21N3O5/c22-19(25)16(10-11-23-21(27)28-13-14-6-2-1-3-7-14)24-20(26)18-12-15-8-4-5-9-17(15)29-18/h1-9,12,16H,10-11,13H2,(H2,22,25)(H,23,27)(H,24,26)/t16-/m0/s1. The molecule has 3 aromatic rings. The first-order chi connectivity index (χ1) is 14.0. The number of para-hydroxylation sites is 1. The smallest absolute Gasteiger partial charge is 0.407 e. The van der Waals surface area contributed by atoms with Crippen molar-refractivity contribution < 1.29 is 23.5 Å². The molecular formula is C21H21N3O5. The van der Waals surface area contributed by atoms with Crippen molar-refractivity contribution in [3.63, 3.8) is 0 Å². The van der Waals surface area contributed by atoms with Crippen molar-refractivity contribution >= 4 is 28.9 Å². The van der Waals surface area contributed by atoms with Crippen molar-refractivity contribution in [3.05, 3.63) is 72.0 Å². The summed E-state index contributed by atoms with van der Waals surface area (Å²) in [5.74, 6) is -1.20. The van der Waals surface area contributed by atoms with E-state index in [9.17, 15) is 14.4 Å². The highest BCUT2D eigenvalue weighted by atomic mass is 16.5. The van der Waals surface area contributed by atoms with Gasteiger partial charge in [0.25, 0.3) is 5.91 Å². The molecule has 1 aromatic heterocycles. The minimum atomic E-state index is -0.967. The molecule has 0 fully saturated rings. The van der Waals surface area contributed by atoms with E-state index < -0.39 is 23.9 Å². The lowest BCUT2D eigenvalue weighted by Crippen LogP contribution is -2.46. The van der Waals surface area contributed by atoms with Crippen LogP contribution in [0, 0.1) is 0 Å². The Balaban J connectivity index is 1.47. The van der Waals surface area contributed by atoms with Crippen molar-refractivity contribution in [1.29, 1.82) is 0 Å². The lowest BCUT2D eigenvalue weighted by molar-refractivity contribution is -0.120. The first kappa shape index (κ1) is 19.9. The number of hydrogen-bond donors (Lipinski definition) is 3. The van der Waals surface area contributed by atoms with Crippen LogP contribution in [0.3, 0.4) is 0 Å². The second-order valence-electron chi connectivity index (χ2n) is 6.35. The van der Waals surface area contributed by atoms with Crippen molar-refractivity contribution in [3.8, 4) is 0 Å². The number of furan rings is 1. The summed E-state index contributed by atoms with van der Waals surface area (Å²) < 4.78 is 10.6. The van der Waals surface area contributed by atoms with Crippen LogP contribution in [0.15, 0.2) is 65.1 Å². The van der Waals surface area contributed by atoms with Crippen molar-refractivity contribution in [2.24, 2.45) is 5.73 Å². The number of amides is 3. The second-order valence-corrected chi connectivity index (χ2v) is 6.35. The fourth-order valence-electron chi connectivity index (χ4n) is 2.70. The van der Waals surface area contributed by atoms with Gasteiger partial charge in [-0.2, -0.15) is 0 Å². The van der Waals surface area contributed by atoms with Gasteiger partial charge in [-0.15, -0.1) is 0 Å². The summed E-state index contributed by atoms with van der Waals surface area (Å²) in [5, 5.41) is 5.83. The summed E-state index contributed by atoms with van der Waals surface area (Å²) in [6, 6.07) is 17.0. The Morgan fingerprint density at radius 3 is 2.48 bits per heavy atom. The molecule has 3 rings (SSSR count). The zero-order chi connectivity index (χ0) is 20.6. The average Bonchev–Trinajstić information content (AvgIpc) is 3.16. The number of benzene rings is 2. The van der Waals surface area contributed by atoms with E-state index >= 15 is 0 Å². The maximum atomic E-state index is 12.4. The Labute approximate surface area is 167 Å². The third-order valence-electron chi connectivity index (χ3n) is 4.21. The molecule has 8 heteroatoms. The second kappa shape index (κ2) is 9.41. The number of alkyl carbamates (subject to hydrolysis) is 1. The third kappa shape index (κ3) is 5.58. The summed E-state index contributed by atoms with van der Waals surface area (Å²) >= 11 is 0. The first-order valence-corrected chi connectivity index (χ1v) is 9.06. The largest absolute Gasteiger partial charge is 0.451 e. The van der Waals surface area contributed by atoms with Gasteiger partial charge < -0.3 is 25.5 Å². The monoisotopic (exact) mass is 395 g/mol. The molecule has 0 aliphatic heterocycles. The predicted molar refractivity (Wildman–Crippen MR) is 106 cm³/mol. The lowest BCUT2D eigenvalue weighted by atomic mass is 10.2. The highest BCUT2D eigenvalue weighted by molar-refractivity contribution is 5.98. The molecule has 3 amide bonds. The number of nitrogens with one attached hydrogen (secondary N) is 2. The Morgan fingerprint density at radius 2 is 1.76 bits per heavy atom. The minimum absolute atomic E-state index is 0.0766. The topological polar surface area (TPSA) is 124 Å². The van der Waals surface area contributed by atoms with Crippen molar-refractivity contribution in [2.75, 3.05) is 6.54 Å². The molecule has 150 valence electrons. The van der Waals surface area contributed by atoms with Crippen molar-refractivity contribution in [2.45, 2.75) is 19.1 Å². The van der Waals surface area contributed by atoms with Gasteiger partial charge >= 0.3 is 6.09 Å². The molecule has 0 unspecified atom stereocenters. The molecule has 4 N–H and O–H groups in total. The molecule has 1 heterocycles. The number of carbonyl (C=O) groups excluding carboxylic acids is 3. The number of fused-ring (bicyclic) bond motifs is 1. The molecule has 1 atom stereocenters. The van der Waals surface area contributed by atoms with E-state index in [0.29, 0.717) is 5.58 Å². The number of nitrogens with two attached hydrogens (primary N) is 1. The molecule has 8 nitrogen and oxygen atoms in total. The fraction of sp³-hybridized carbons (Fsp3) is 0.190. The molecule has 0 saturated heterocycles. The fourth-order valence-corrected chi connectivity index (χ4v) is 2.70. The van der Waals surface area contributed by atoms with Gasteiger partial charge in [0.1, 0.15) is 18.2 Å². The van der Waals surface area contributed by atoms with E-state index in [1.807, 2.05) is 42.5 Å². The van der Waals surface area contributed by atoms with Gasteiger partial charge in [0.05, 0.1) is 0 Å². The quantitative estimate of drug-likeness (QED) is 0.540. The van der Waals surface area contributed by atoms with Crippen LogP contribution < -0.4 is 16.4 Å². The molecule has 0 aliphatic carbocycles. The van der Waals surface area contributed by atoms with Crippen LogP contribution in [0.1, 0.15) is 22.5 Å². The van der Waals surface area contributed by atoms with Crippen LogP contribution in [0.25, 0.3) is 11.0 Å². The molecular weight excluding hydrogens is 374 g/mol. The van der Waals surface area contributed by atoms with Crippen LogP contribution in [0.2, 0.25) is 0 Å². The van der Waals surface area contributed by atoms with E-state index in [-0.39, 0.29) is 25.3 Å². The van der Waals surface area contributed by atoms with Gasteiger partial charge in [0.2, 0.25) is 5.91 Å². The summed E-state index contributed by atoms with van der Waals surface area (Å²) in [5.41, 5.74) is 6.78. The molecule has 0 aliphatic rings. The maximum absolute atomic E-state index is 12.4. The van der Waals surface area contributed by atoms with E-state index in [1.54, 1.807) is 18.2 Å². The van der Waals surface area contributed by atoms with E-state index in [1.165, 1.54) is 0 Å². The molecule has 0 spiro atoms. The normalized spacial score (nSPS) is 11.6. The molecule has 0 radical (unpaired) electrons. The SMILES string of the molecule is NC(=O)[C@H](CCNC(=O)OCc1ccccc1)NC(=O)c1cc2ccccc2o1. The number of carbonyl (C=O) groups is 3. The predicted octanol–water partition coefficient (Wildman–Crippen LogP) is 2.33. The summed E-state index contributed by atoms with van der Waals surface area (Å²) in [4.78, 5) is 35.8. The zero-order valence-corrected chi connectivity index (χ0v) is 15.6. The van der Waals surface area contributed by atoms with Gasteiger partial charge in [-0.25, -0.2) is 4.79 Å². The van der Waals surface area contributed by atoms with Crippen molar-refractivity contribution in [1.82, 2.24) is 10.6 Å². The van der Waals surface area contributed by atoms with Gasteiger partial charge in [-0.1, -0.05) is 48.5 Å². The van der Waals surface area contributed by atoms with Gasteiger partial charge in [-0.05, 0) is 24.1 Å². The summed E-state index contributed by atoms with van der Waals surface area (Å²) in [6.45, 7) is 0.232. The molecule has 2 aromatic carbocycles. The van der Waals surface area contributed by atoms with Crippen LogP contribution in [0.4, 0.5) is 4.79 Å². The number of ether oxygens (including phenoxy) is 1. The van der Waals surface area contributed by atoms with Crippen LogP contribution in [-0.4, -0.2) is 30.5 Å². The number of hydrogen-bond acceptors (Lipinski definition) is 5. The molecule has 29 heavy (non-hydrogen) atoms. The van der Waals surface area contributed by atoms with Gasteiger partial charge in [-0.3, -0.25) is 9.59 Å². The Kier molecular flexibility index (Phi) is 6.47.